The Morgan fingerprint density at radius 1 is 1.00 bits per heavy atom. The summed E-state index contributed by atoms with van der Waals surface area (Å²) in [5.74, 6) is 7.04. The summed E-state index contributed by atoms with van der Waals surface area (Å²) >= 11 is 0. The first-order valence-corrected chi connectivity index (χ1v) is 9.64. The molecule has 0 spiro atoms. The highest BCUT2D eigenvalue weighted by atomic mass is 16.5. The molecule has 3 aromatic rings. The first-order chi connectivity index (χ1) is 14.7. The molecule has 7 heteroatoms. The Morgan fingerprint density at radius 2 is 1.77 bits per heavy atom. The normalized spacial score (nSPS) is 10.9. The number of para-hydroxylation sites is 1. The van der Waals surface area contributed by atoms with Crippen molar-refractivity contribution in [2.75, 3.05) is 6.54 Å². The number of pyridine rings is 1. The van der Waals surface area contributed by atoms with Gasteiger partial charge in [-0.1, -0.05) is 30.3 Å². The van der Waals surface area contributed by atoms with Crippen LogP contribution in [0.5, 0.6) is 11.5 Å². The van der Waals surface area contributed by atoms with Crippen LogP contribution in [0.1, 0.15) is 17.5 Å². The minimum absolute atomic E-state index is 0.0378. The minimum atomic E-state index is -0.0378. The second-order valence-electron chi connectivity index (χ2n) is 6.48. The van der Waals surface area contributed by atoms with Crippen LogP contribution in [0.25, 0.3) is 5.70 Å². The van der Waals surface area contributed by atoms with Gasteiger partial charge in [0.2, 0.25) is 5.91 Å². The predicted octanol–water partition coefficient (Wildman–Crippen LogP) is 2.93. The molecule has 0 atom stereocenters. The van der Waals surface area contributed by atoms with Crippen molar-refractivity contribution >= 4 is 11.6 Å². The van der Waals surface area contributed by atoms with Crippen LogP contribution in [0.4, 0.5) is 0 Å². The molecule has 7 nitrogen and oxygen atoms in total. The van der Waals surface area contributed by atoms with Gasteiger partial charge in [-0.25, -0.2) is 0 Å². The Kier molecular flexibility index (Phi) is 7.82. The summed E-state index contributed by atoms with van der Waals surface area (Å²) in [7, 11) is 0. The summed E-state index contributed by atoms with van der Waals surface area (Å²) in [6.45, 7) is 0.951. The van der Waals surface area contributed by atoms with E-state index in [1.807, 2.05) is 66.7 Å². The molecule has 0 aliphatic heterocycles. The van der Waals surface area contributed by atoms with Crippen molar-refractivity contribution in [3.8, 4) is 11.5 Å². The maximum absolute atomic E-state index is 12.1. The average Bonchev–Trinajstić information content (AvgIpc) is 2.80. The lowest BCUT2D eigenvalue weighted by Gasteiger charge is -2.09. The fourth-order valence-electron chi connectivity index (χ4n) is 2.68. The van der Waals surface area contributed by atoms with Gasteiger partial charge in [0.05, 0.1) is 5.70 Å². The Labute approximate surface area is 175 Å². The maximum Gasteiger partial charge on any atom is 0.222 e. The van der Waals surface area contributed by atoms with Crippen LogP contribution >= 0.6 is 0 Å². The number of benzene rings is 2. The van der Waals surface area contributed by atoms with E-state index in [0.29, 0.717) is 25.2 Å². The smallest absolute Gasteiger partial charge is 0.222 e. The van der Waals surface area contributed by atoms with E-state index < -0.39 is 0 Å². The van der Waals surface area contributed by atoms with Crippen LogP contribution in [0.15, 0.2) is 85.3 Å². The number of nitrogens with zero attached hydrogens (tertiary/aromatic N) is 1. The number of nitrogens with one attached hydrogen (secondary N) is 3. The fourth-order valence-corrected chi connectivity index (χ4v) is 2.68. The largest absolute Gasteiger partial charge is 0.457 e. The van der Waals surface area contributed by atoms with Crippen molar-refractivity contribution in [1.82, 2.24) is 21.0 Å². The molecule has 3 rings (SSSR count). The van der Waals surface area contributed by atoms with E-state index in [2.05, 4.69) is 21.0 Å². The number of ether oxygens (including phenoxy) is 1. The molecule has 30 heavy (non-hydrogen) atoms. The molecule has 1 amide bonds. The van der Waals surface area contributed by atoms with Gasteiger partial charge in [0.25, 0.3) is 0 Å². The lowest BCUT2D eigenvalue weighted by atomic mass is 10.2. The molecule has 1 aromatic heterocycles. The van der Waals surface area contributed by atoms with E-state index in [4.69, 9.17) is 10.6 Å². The molecule has 1 heterocycles. The third-order valence-corrected chi connectivity index (χ3v) is 4.26. The molecule has 0 fully saturated rings. The first-order valence-electron chi connectivity index (χ1n) is 9.64. The Morgan fingerprint density at radius 3 is 2.47 bits per heavy atom. The Balaban J connectivity index is 1.38. The fraction of sp³-hybridized carbons (Fsp3) is 0.130. The number of nitrogens with two attached hydrogens (primary N) is 1. The maximum atomic E-state index is 12.1. The van der Waals surface area contributed by atoms with Gasteiger partial charge in [-0.2, -0.15) is 0 Å². The van der Waals surface area contributed by atoms with Gasteiger partial charge >= 0.3 is 0 Å². The van der Waals surface area contributed by atoms with Gasteiger partial charge in [0.15, 0.2) is 0 Å². The SMILES string of the molecule is NN/C(=C\NCCC(=O)NCc1ccc(Oc2ccccc2)cc1)c1cccnc1. The van der Waals surface area contributed by atoms with Crippen molar-refractivity contribution in [3.05, 3.63) is 96.5 Å². The van der Waals surface area contributed by atoms with Crippen molar-refractivity contribution in [3.63, 3.8) is 0 Å². The number of carbonyl (C=O) groups is 1. The third kappa shape index (κ3) is 6.65. The zero-order chi connectivity index (χ0) is 21.0. The van der Waals surface area contributed by atoms with E-state index in [0.717, 1.165) is 22.6 Å². The monoisotopic (exact) mass is 403 g/mol. The highest BCUT2D eigenvalue weighted by Gasteiger charge is 2.03. The van der Waals surface area contributed by atoms with Gasteiger partial charge in [-0.15, -0.1) is 0 Å². The van der Waals surface area contributed by atoms with Crippen molar-refractivity contribution < 1.29 is 9.53 Å². The molecule has 0 saturated carbocycles. The number of rotatable bonds is 10. The molecule has 0 aliphatic carbocycles. The number of aromatic nitrogens is 1. The van der Waals surface area contributed by atoms with E-state index in [1.54, 1.807) is 18.6 Å². The topological polar surface area (TPSA) is 101 Å². The quantitative estimate of drug-likeness (QED) is 0.236. The van der Waals surface area contributed by atoms with Gasteiger partial charge in [0.1, 0.15) is 11.5 Å². The standard InChI is InChI=1S/C23H25N5O2/c24-28-22(19-5-4-13-25-16-19)17-26-14-12-23(29)27-15-18-8-10-21(11-9-18)30-20-6-2-1-3-7-20/h1-11,13,16-17,26,28H,12,14-15,24H2,(H,27,29)/b22-17-. The van der Waals surface area contributed by atoms with E-state index >= 15 is 0 Å². The number of hydrogen-bond acceptors (Lipinski definition) is 6. The average molecular weight is 403 g/mol. The summed E-state index contributed by atoms with van der Waals surface area (Å²) in [5.41, 5.74) is 5.18. The lowest BCUT2D eigenvalue weighted by molar-refractivity contribution is -0.121. The number of hydrazine groups is 1. The van der Waals surface area contributed by atoms with Crippen molar-refractivity contribution in [2.45, 2.75) is 13.0 Å². The van der Waals surface area contributed by atoms with Crippen molar-refractivity contribution in [2.24, 2.45) is 5.84 Å². The second kappa shape index (κ2) is 11.2. The zero-order valence-corrected chi connectivity index (χ0v) is 16.5. The number of amides is 1. The molecule has 0 radical (unpaired) electrons. The minimum Gasteiger partial charge on any atom is -0.457 e. The number of hydrogen-bond donors (Lipinski definition) is 4. The lowest BCUT2D eigenvalue weighted by Crippen LogP contribution is -2.27. The van der Waals surface area contributed by atoms with Crippen LogP contribution in [0.3, 0.4) is 0 Å². The van der Waals surface area contributed by atoms with Gasteiger partial charge in [-0.3, -0.25) is 15.6 Å². The highest BCUT2D eigenvalue weighted by Crippen LogP contribution is 2.21. The molecule has 0 saturated heterocycles. The summed E-state index contributed by atoms with van der Waals surface area (Å²) in [5, 5.41) is 6.00. The molecule has 0 unspecified atom stereocenters. The Hall–Kier alpha value is -3.84. The Bertz CT molecular complexity index is 944. The van der Waals surface area contributed by atoms with Crippen molar-refractivity contribution in [1.29, 1.82) is 0 Å². The molecular weight excluding hydrogens is 378 g/mol. The van der Waals surface area contributed by atoms with Crippen LogP contribution in [0, 0.1) is 0 Å². The van der Waals surface area contributed by atoms with E-state index in [9.17, 15) is 4.79 Å². The zero-order valence-electron chi connectivity index (χ0n) is 16.5. The summed E-state index contributed by atoms with van der Waals surface area (Å²) in [4.78, 5) is 16.1. The van der Waals surface area contributed by atoms with Crippen LogP contribution in [-0.4, -0.2) is 17.4 Å². The van der Waals surface area contributed by atoms with E-state index in [-0.39, 0.29) is 5.91 Å². The van der Waals surface area contributed by atoms with Crippen LogP contribution in [-0.2, 0) is 11.3 Å². The molecule has 0 aliphatic rings. The summed E-state index contributed by atoms with van der Waals surface area (Å²) in [6.07, 6.45) is 5.47. The van der Waals surface area contributed by atoms with E-state index in [1.165, 1.54) is 0 Å². The molecule has 5 N–H and O–H groups in total. The van der Waals surface area contributed by atoms with Gasteiger partial charge in [-0.05, 0) is 42.0 Å². The van der Waals surface area contributed by atoms with Gasteiger partial charge < -0.3 is 20.8 Å². The van der Waals surface area contributed by atoms with Crippen LogP contribution < -0.4 is 26.6 Å². The second-order valence-corrected chi connectivity index (χ2v) is 6.48. The highest BCUT2D eigenvalue weighted by molar-refractivity contribution is 5.76. The van der Waals surface area contributed by atoms with Gasteiger partial charge in [0, 0.05) is 43.7 Å². The predicted molar refractivity (Wildman–Crippen MR) is 117 cm³/mol. The molecule has 2 aromatic carbocycles. The molecular formula is C23H25N5O2. The summed E-state index contributed by atoms with van der Waals surface area (Å²) in [6, 6.07) is 21.0. The third-order valence-electron chi connectivity index (χ3n) is 4.26. The van der Waals surface area contributed by atoms with Crippen LogP contribution in [0.2, 0.25) is 0 Å². The molecule has 0 bridgehead atoms. The summed E-state index contributed by atoms with van der Waals surface area (Å²) < 4.78 is 5.77. The number of carbonyl (C=O) groups excluding carboxylic acids is 1. The molecule has 154 valence electrons. The first kappa shape index (κ1) is 20.9.